The molecule has 0 saturated carbocycles. The summed E-state index contributed by atoms with van der Waals surface area (Å²) in [5.41, 5.74) is 2.32. The molecular formula is C10H11NO3. The number of benzene rings is 1. The normalized spacial score (nSPS) is 18.6. The molecule has 1 aromatic carbocycles. The molecule has 1 aliphatic rings. The van der Waals surface area contributed by atoms with Gasteiger partial charge in [-0.3, -0.25) is 0 Å². The topological polar surface area (TPSA) is 58.6 Å². The summed E-state index contributed by atoms with van der Waals surface area (Å²) in [7, 11) is 1.35. The fraction of sp³-hybridized carbons (Fsp3) is 0.300. The zero-order valence-electron chi connectivity index (χ0n) is 7.78. The van der Waals surface area contributed by atoms with Crippen LogP contribution in [0.1, 0.15) is 15.9 Å². The average molecular weight is 193 g/mol. The van der Waals surface area contributed by atoms with E-state index >= 15 is 0 Å². The van der Waals surface area contributed by atoms with Crippen molar-refractivity contribution >= 4 is 11.7 Å². The van der Waals surface area contributed by atoms with Gasteiger partial charge in [0.1, 0.15) is 6.23 Å². The highest BCUT2D eigenvalue weighted by Crippen LogP contribution is 2.25. The van der Waals surface area contributed by atoms with E-state index < -0.39 is 6.23 Å². The van der Waals surface area contributed by atoms with Gasteiger partial charge < -0.3 is 15.2 Å². The molecule has 4 nitrogen and oxygen atoms in total. The predicted molar refractivity (Wildman–Crippen MR) is 51.1 cm³/mol. The fourth-order valence-corrected chi connectivity index (χ4v) is 1.57. The van der Waals surface area contributed by atoms with E-state index in [2.05, 4.69) is 10.1 Å². The summed E-state index contributed by atoms with van der Waals surface area (Å²) in [5, 5.41) is 12.2. The molecule has 0 amide bonds. The van der Waals surface area contributed by atoms with E-state index in [1.54, 1.807) is 12.1 Å². The highest BCUT2D eigenvalue weighted by Gasteiger charge is 2.19. The lowest BCUT2D eigenvalue weighted by Crippen LogP contribution is -2.12. The summed E-state index contributed by atoms with van der Waals surface area (Å²) in [5.74, 6) is -0.365. The largest absolute Gasteiger partial charge is 0.465 e. The minimum atomic E-state index is -0.544. The van der Waals surface area contributed by atoms with Crippen molar-refractivity contribution in [3.8, 4) is 0 Å². The first-order chi connectivity index (χ1) is 6.70. The lowest BCUT2D eigenvalue weighted by atomic mass is 10.1. The standard InChI is InChI=1S/C10H11NO3/c1-14-10(13)7-3-2-6-5-9(12)11-8(6)4-7/h2-4,9,11-12H,5H2,1H3. The van der Waals surface area contributed by atoms with E-state index in [0.29, 0.717) is 12.0 Å². The predicted octanol–water partition coefficient (Wildman–Crippen LogP) is 0.760. The molecule has 0 radical (unpaired) electrons. The van der Waals surface area contributed by atoms with E-state index in [9.17, 15) is 9.90 Å². The van der Waals surface area contributed by atoms with Crippen LogP contribution in [0.25, 0.3) is 0 Å². The fourth-order valence-electron chi connectivity index (χ4n) is 1.57. The summed E-state index contributed by atoms with van der Waals surface area (Å²) >= 11 is 0. The third-order valence-electron chi connectivity index (χ3n) is 2.27. The van der Waals surface area contributed by atoms with Gasteiger partial charge in [-0.05, 0) is 17.7 Å². The Morgan fingerprint density at radius 1 is 1.64 bits per heavy atom. The monoisotopic (exact) mass is 193 g/mol. The molecule has 0 spiro atoms. The first kappa shape index (κ1) is 9.02. The molecule has 1 atom stereocenters. The molecular weight excluding hydrogens is 182 g/mol. The second kappa shape index (κ2) is 3.31. The number of carbonyl (C=O) groups excluding carboxylic acids is 1. The van der Waals surface area contributed by atoms with E-state index in [4.69, 9.17) is 0 Å². The summed E-state index contributed by atoms with van der Waals surface area (Å²) in [4.78, 5) is 11.2. The smallest absolute Gasteiger partial charge is 0.337 e. The molecule has 1 aromatic rings. The Morgan fingerprint density at radius 3 is 3.14 bits per heavy atom. The van der Waals surface area contributed by atoms with Gasteiger partial charge >= 0.3 is 5.97 Å². The van der Waals surface area contributed by atoms with E-state index in [1.165, 1.54) is 7.11 Å². The lowest BCUT2D eigenvalue weighted by Gasteiger charge is -2.03. The average Bonchev–Trinajstić information content (AvgIpc) is 2.55. The number of esters is 1. The molecule has 14 heavy (non-hydrogen) atoms. The first-order valence-electron chi connectivity index (χ1n) is 4.36. The minimum Gasteiger partial charge on any atom is -0.465 e. The van der Waals surface area contributed by atoms with Crippen LogP contribution in [0.5, 0.6) is 0 Å². The molecule has 1 aliphatic heterocycles. The molecule has 74 valence electrons. The maximum Gasteiger partial charge on any atom is 0.337 e. The van der Waals surface area contributed by atoms with Crippen molar-refractivity contribution in [2.45, 2.75) is 12.6 Å². The van der Waals surface area contributed by atoms with Gasteiger partial charge in [-0.15, -0.1) is 0 Å². The van der Waals surface area contributed by atoms with Crippen molar-refractivity contribution in [2.75, 3.05) is 12.4 Å². The van der Waals surface area contributed by atoms with Crippen LogP contribution < -0.4 is 5.32 Å². The molecule has 0 saturated heterocycles. The molecule has 2 rings (SSSR count). The van der Waals surface area contributed by atoms with Gasteiger partial charge in [0.05, 0.1) is 12.7 Å². The van der Waals surface area contributed by atoms with Crippen molar-refractivity contribution in [3.05, 3.63) is 29.3 Å². The minimum absolute atomic E-state index is 0.365. The van der Waals surface area contributed by atoms with Gasteiger partial charge in [0.25, 0.3) is 0 Å². The molecule has 0 aromatic heterocycles. The number of hydrogen-bond donors (Lipinski definition) is 2. The maximum atomic E-state index is 11.2. The molecule has 1 unspecified atom stereocenters. The van der Waals surface area contributed by atoms with Crippen molar-refractivity contribution in [3.63, 3.8) is 0 Å². The summed E-state index contributed by atoms with van der Waals surface area (Å²) in [6.07, 6.45) is 0.0365. The van der Waals surface area contributed by atoms with Gasteiger partial charge in [-0.1, -0.05) is 6.07 Å². The van der Waals surface area contributed by atoms with Gasteiger partial charge in [0, 0.05) is 12.1 Å². The van der Waals surface area contributed by atoms with Crippen LogP contribution in [0.4, 0.5) is 5.69 Å². The molecule has 0 bridgehead atoms. The molecule has 0 aliphatic carbocycles. The second-order valence-electron chi connectivity index (χ2n) is 3.23. The Morgan fingerprint density at radius 2 is 2.43 bits per heavy atom. The van der Waals surface area contributed by atoms with Gasteiger partial charge in [-0.25, -0.2) is 4.79 Å². The zero-order valence-corrected chi connectivity index (χ0v) is 7.78. The van der Waals surface area contributed by atoms with Crippen molar-refractivity contribution in [1.29, 1.82) is 0 Å². The van der Waals surface area contributed by atoms with Crippen LogP contribution in [-0.2, 0) is 11.2 Å². The highest BCUT2D eigenvalue weighted by molar-refractivity contribution is 5.91. The van der Waals surface area contributed by atoms with Crippen LogP contribution >= 0.6 is 0 Å². The quantitative estimate of drug-likeness (QED) is 0.646. The number of carbonyl (C=O) groups is 1. The Bertz CT molecular complexity index is 376. The SMILES string of the molecule is COC(=O)c1ccc2c(c1)NC(O)C2. The molecule has 4 heteroatoms. The number of anilines is 1. The molecule has 2 N–H and O–H groups in total. The van der Waals surface area contributed by atoms with Crippen LogP contribution in [0, 0.1) is 0 Å². The number of rotatable bonds is 1. The number of aliphatic hydroxyl groups excluding tert-OH is 1. The van der Waals surface area contributed by atoms with Crippen molar-refractivity contribution in [2.24, 2.45) is 0 Å². The Kier molecular flexibility index (Phi) is 2.13. The van der Waals surface area contributed by atoms with Crippen LogP contribution in [-0.4, -0.2) is 24.4 Å². The lowest BCUT2D eigenvalue weighted by molar-refractivity contribution is 0.0601. The molecule has 1 heterocycles. The third kappa shape index (κ3) is 1.44. The van der Waals surface area contributed by atoms with E-state index in [-0.39, 0.29) is 5.97 Å². The van der Waals surface area contributed by atoms with Crippen LogP contribution in [0.15, 0.2) is 18.2 Å². The summed E-state index contributed by atoms with van der Waals surface area (Å²) < 4.78 is 4.59. The number of nitrogens with one attached hydrogen (secondary N) is 1. The zero-order chi connectivity index (χ0) is 10.1. The summed E-state index contributed by atoms with van der Waals surface area (Å²) in [6.45, 7) is 0. The van der Waals surface area contributed by atoms with Crippen LogP contribution in [0.2, 0.25) is 0 Å². The number of fused-ring (bicyclic) bond motifs is 1. The van der Waals surface area contributed by atoms with Gasteiger partial charge in [-0.2, -0.15) is 0 Å². The highest BCUT2D eigenvalue weighted by atomic mass is 16.5. The Labute approximate surface area is 81.5 Å². The Balaban J connectivity index is 2.33. The first-order valence-corrected chi connectivity index (χ1v) is 4.36. The van der Waals surface area contributed by atoms with Gasteiger partial charge in [0.2, 0.25) is 0 Å². The maximum absolute atomic E-state index is 11.2. The van der Waals surface area contributed by atoms with Gasteiger partial charge in [0.15, 0.2) is 0 Å². The van der Waals surface area contributed by atoms with Crippen molar-refractivity contribution < 1.29 is 14.6 Å². The molecule has 0 fully saturated rings. The number of aliphatic hydroxyl groups is 1. The van der Waals surface area contributed by atoms with E-state index in [0.717, 1.165) is 11.3 Å². The number of hydrogen-bond acceptors (Lipinski definition) is 4. The van der Waals surface area contributed by atoms with Crippen LogP contribution in [0.3, 0.4) is 0 Å². The second-order valence-corrected chi connectivity index (χ2v) is 3.23. The number of methoxy groups -OCH3 is 1. The van der Waals surface area contributed by atoms with E-state index in [1.807, 2.05) is 6.07 Å². The third-order valence-corrected chi connectivity index (χ3v) is 2.27. The summed E-state index contributed by atoms with van der Waals surface area (Å²) in [6, 6.07) is 5.21. The van der Waals surface area contributed by atoms with Crippen molar-refractivity contribution in [1.82, 2.24) is 0 Å². The Hall–Kier alpha value is -1.55. The number of ether oxygens (including phenoxy) is 1.